The number of rotatable bonds is 6. The zero-order valence-electron chi connectivity index (χ0n) is 15.2. The number of hydrogen-bond donors (Lipinski definition) is 2. The third kappa shape index (κ3) is 3.58. The summed E-state index contributed by atoms with van der Waals surface area (Å²) in [7, 11) is 1.97. The monoisotopic (exact) mass is 339 g/mol. The number of nitrogens with one attached hydrogen (secondary N) is 1. The zero-order chi connectivity index (χ0) is 18.0. The molecule has 0 aliphatic heterocycles. The Morgan fingerprint density at radius 1 is 1.24 bits per heavy atom. The third-order valence-corrected chi connectivity index (χ3v) is 4.48. The first-order valence-electron chi connectivity index (χ1n) is 8.50. The van der Waals surface area contributed by atoms with Gasteiger partial charge in [0.1, 0.15) is 0 Å². The maximum atomic E-state index is 9.03. The van der Waals surface area contributed by atoms with Crippen molar-refractivity contribution in [2.75, 3.05) is 30.4 Å². The molecule has 1 atom stereocenters. The van der Waals surface area contributed by atoms with Crippen LogP contribution in [0.3, 0.4) is 0 Å². The van der Waals surface area contributed by atoms with Crippen LogP contribution in [0.2, 0.25) is 0 Å². The van der Waals surface area contributed by atoms with E-state index in [1.807, 2.05) is 35.6 Å². The van der Waals surface area contributed by atoms with Gasteiger partial charge in [0, 0.05) is 48.5 Å². The van der Waals surface area contributed by atoms with E-state index in [1.54, 1.807) is 0 Å². The number of likely N-dealkylation sites (N-methyl/N-ethyl adjacent to an activating group) is 1. The van der Waals surface area contributed by atoms with Gasteiger partial charge in [-0.3, -0.25) is 0 Å². The third-order valence-electron chi connectivity index (χ3n) is 4.48. The van der Waals surface area contributed by atoms with E-state index in [1.165, 1.54) is 0 Å². The van der Waals surface area contributed by atoms with Crippen LogP contribution in [0.5, 0.6) is 0 Å². The first-order chi connectivity index (χ1) is 12.0. The van der Waals surface area contributed by atoms with Crippen molar-refractivity contribution in [1.29, 1.82) is 0 Å². The van der Waals surface area contributed by atoms with Crippen molar-refractivity contribution < 1.29 is 5.11 Å². The van der Waals surface area contributed by atoms with E-state index in [-0.39, 0.29) is 12.6 Å². The van der Waals surface area contributed by atoms with E-state index in [0.29, 0.717) is 6.54 Å². The minimum atomic E-state index is 0.113. The fraction of sp³-hybridized carbons (Fsp3) is 0.368. The maximum absolute atomic E-state index is 9.03. The van der Waals surface area contributed by atoms with Crippen LogP contribution in [0.1, 0.15) is 29.9 Å². The Kier molecular flexibility index (Phi) is 4.90. The minimum Gasteiger partial charge on any atom is -0.395 e. The number of aliphatic hydroxyl groups excluding tert-OH is 1. The second kappa shape index (κ2) is 7.11. The molecule has 6 heteroatoms. The lowest BCUT2D eigenvalue weighted by atomic mass is 10.1. The number of aliphatic hydroxyl groups is 1. The predicted molar refractivity (Wildman–Crippen MR) is 101 cm³/mol. The Balaban J connectivity index is 1.78. The van der Waals surface area contributed by atoms with E-state index in [9.17, 15) is 0 Å². The van der Waals surface area contributed by atoms with Gasteiger partial charge in [0.15, 0.2) is 5.65 Å². The van der Waals surface area contributed by atoms with Crippen LogP contribution < -0.4 is 10.2 Å². The summed E-state index contributed by atoms with van der Waals surface area (Å²) < 4.78 is 1.90. The Hall–Kier alpha value is -2.60. The lowest BCUT2D eigenvalue weighted by Gasteiger charge is -2.20. The molecule has 0 saturated heterocycles. The summed E-state index contributed by atoms with van der Waals surface area (Å²) in [5.41, 5.74) is 6.19. The number of aromatic nitrogens is 3. The van der Waals surface area contributed by atoms with Crippen LogP contribution in [0.25, 0.3) is 5.65 Å². The van der Waals surface area contributed by atoms with E-state index in [0.717, 1.165) is 34.0 Å². The van der Waals surface area contributed by atoms with Gasteiger partial charge < -0.3 is 15.3 Å². The van der Waals surface area contributed by atoms with Crippen molar-refractivity contribution in [3.05, 3.63) is 53.5 Å². The molecular formula is C19H25N5O. The van der Waals surface area contributed by atoms with Gasteiger partial charge in [0.05, 0.1) is 18.3 Å². The molecule has 3 aromatic rings. The molecule has 2 N–H and O–H groups in total. The summed E-state index contributed by atoms with van der Waals surface area (Å²) in [6.07, 6.45) is 1.92. The first kappa shape index (κ1) is 17.2. The highest BCUT2D eigenvalue weighted by molar-refractivity contribution is 5.55. The van der Waals surface area contributed by atoms with Gasteiger partial charge in [0.2, 0.25) is 0 Å². The van der Waals surface area contributed by atoms with Gasteiger partial charge >= 0.3 is 0 Å². The van der Waals surface area contributed by atoms with E-state index < -0.39 is 0 Å². The normalized spacial score (nSPS) is 12.4. The number of fused-ring (bicyclic) bond motifs is 1. The van der Waals surface area contributed by atoms with Crippen LogP contribution in [0, 0.1) is 13.8 Å². The average molecular weight is 339 g/mol. The average Bonchev–Trinajstić information content (AvgIpc) is 2.97. The molecule has 0 aliphatic carbocycles. The smallest absolute Gasteiger partial charge is 0.155 e. The number of hydrogen-bond acceptors (Lipinski definition) is 5. The van der Waals surface area contributed by atoms with Crippen molar-refractivity contribution in [2.24, 2.45) is 0 Å². The highest BCUT2D eigenvalue weighted by Crippen LogP contribution is 2.24. The summed E-state index contributed by atoms with van der Waals surface area (Å²) in [5.74, 6) is 0. The van der Waals surface area contributed by atoms with Gasteiger partial charge in [-0.25, -0.2) is 9.50 Å². The number of nitrogens with zero attached hydrogens (tertiary/aromatic N) is 4. The van der Waals surface area contributed by atoms with Crippen LogP contribution in [-0.4, -0.2) is 39.9 Å². The summed E-state index contributed by atoms with van der Waals surface area (Å²) in [6, 6.07) is 10.3. The Morgan fingerprint density at radius 3 is 2.64 bits per heavy atom. The minimum absolute atomic E-state index is 0.113. The summed E-state index contributed by atoms with van der Waals surface area (Å²) in [4.78, 5) is 6.54. The highest BCUT2D eigenvalue weighted by atomic mass is 16.3. The summed E-state index contributed by atoms with van der Waals surface area (Å²) in [6.45, 7) is 6.94. The highest BCUT2D eigenvalue weighted by Gasteiger charge is 2.13. The van der Waals surface area contributed by atoms with E-state index in [4.69, 9.17) is 5.11 Å². The van der Waals surface area contributed by atoms with Crippen LogP contribution in [0.15, 0.2) is 36.5 Å². The Bertz CT molecular complexity index is 856. The second-order valence-corrected chi connectivity index (χ2v) is 6.41. The molecule has 132 valence electrons. The number of anilines is 2. The molecule has 2 heterocycles. The molecule has 0 bridgehead atoms. The number of aryl methyl sites for hydroxylation is 2. The molecule has 0 radical (unpaired) electrons. The van der Waals surface area contributed by atoms with Crippen LogP contribution >= 0.6 is 0 Å². The number of benzene rings is 1. The quantitative estimate of drug-likeness (QED) is 0.723. The summed E-state index contributed by atoms with van der Waals surface area (Å²) >= 11 is 0. The fourth-order valence-electron chi connectivity index (χ4n) is 3.02. The molecule has 0 amide bonds. The first-order valence-corrected chi connectivity index (χ1v) is 8.50. The van der Waals surface area contributed by atoms with Gasteiger partial charge in [0.25, 0.3) is 0 Å². The second-order valence-electron chi connectivity index (χ2n) is 6.41. The van der Waals surface area contributed by atoms with Crippen LogP contribution in [0.4, 0.5) is 11.4 Å². The molecule has 2 aromatic heterocycles. The van der Waals surface area contributed by atoms with Gasteiger partial charge in [-0.2, -0.15) is 5.10 Å². The molecule has 3 rings (SSSR count). The lowest BCUT2D eigenvalue weighted by Crippen LogP contribution is -2.20. The molecule has 6 nitrogen and oxygen atoms in total. The Morgan fingerprint density at radius 2 is 1.96 bits per heavy atom. The lowest BCUT2D eigenvalue weighted by molar-refractivity contribution is 0.304. The zero-order valence-corrected chi connectivity index (χ0v) is 15.2. The van der Waals surface area contributed by atoms with Crippen molar-refractivity contribution >= 4 is 17.0 Å². The largest absolute Gasteiger partial charge is 0.395 e. The van der Waals surface area contributed by atoms with Crippen LogP contribution in [-0.2, 0) is 0 Å². The topological polar surface area (TPSA) is 65.7 Å². The predicted octanol–water partition coefficient (Wildman–Crippen LogP) is 2.95. The standard InChI is InChI=1S/C19H25N5O/c1-13-11-19-20-12-18(15(3)24(19)22-13)14(2)21-16-5-7-17(8-6-16)23(4)9-10-25/h5-8,11-12,14,21,25H,9-10H2,1-4H3. The molecule has 25 heavy (non-hydrogen) atoms. The van der Waals surface area contributed by atoms with E-state index >= 15 is 0 Å². The molecular weight excluding hydrogens is 314 g/mol. The molecule has 0 spiro atoms. The fourth-order valence-corrected chi connectivity index (χ4v) is 3.02. The van der Waals surface area contributed by atoms with Crippen molar-refractivity contribution in [2.45, 2.75) is 26.8 Å². The SMILES string of the molecule is Cc1cc2ncc(C(C)Nc3ccc(N(C)CCO)cc3)c(C)n2n1. The van der Waals surface area contributed by atoms with E-state index in [2.05, 4.69) is 53.5 Å². The maximum Gasteiger partial charge on any atom is 0.155 e. The molecule has 0 saturated carbocycles. The van der Waals surface area contributed by atoms with Gasteiger partial charge in [-0.15, -0.1) is 0 Å². The molecule has 1 aromatic carbocycles. The molecule has 0 fully saturated rings. The summed E-state index contributed by atoms with van der Waals surface area (Å²) in [5, 5.41) is 17.1. The van der Waals surface area contributed by atoms with Crippen molar-refractivity contribution in [1.82, 2.24) is 14.6 Å². The van der Waals surface area contributed by atoms with Crippen molar-refractivity contribution in [3.8, 4) is 0 Å². The van der Waals surface area contributed by atoms with Gasteiger partial charge in [-0.1, -0.05) is 0 Å². The van der Waals surface area contributed by atoms with Crippen molar-refractivity contribution in [3.63, 3.8) is 0 Å². The Labute approximate surface area is 148 Å². The van der Waals surface area contributed by atoms with Gasteiger partial charge in [-0.05, 0) is 45.0 Å². The molecule has 0 aliphatic rings. The molecule has 1 unspecified atom stereocenters.